The first-order valence-corrected chi connectivity index (χ1v) is 6.26. The predicted molar refractivity (Wildman–Crippen MR) is 65.7 cm³/mol. The van der Waals surface area contributed by atoms with Crippen LogP contribution < -0.4 is 5.32 Å². The van der Waals surface area contributed by atoms with E-state index in [1.807, 2.05) is 4.90 Å². The van der Waals surface area contributed by atoms with Gasteiger partial charge >= 0.3 is 0 Å². The molecule has 0 unspecified atom stereocenters. The van der Waals surface area contributed by atoms with E-state index in [1.165, 1.54) is 12.1 Å². The van der Waals surface area contributed by atoms with E-state index < -0.39 is 11.6 Å². The second-order valence-corrected chi connectivity index (χ2v) is 4.91. The Kier molecular flexibility index (Phi) is 2.86. The van der Waals surface area contributed by atoms with Gasteiger partial charge in [0, 0.05) is 12.2 Å². The fourth-order valence-electron chi connectivity index (χ4n) is 2.83. The molecule has 0 fully saturated rings. The highest BCUT2D eigenvalue weighted by atomic mass is 19.2. The van der Waals surface area contributed by atoms with Gasteiger partial charge in [0.2, 0.25) is 0 Å². The molecule has 0 aromatic heterocycles. The summed E-state index contributed by atoms with van der Waals surface area (Å²) >= 11 is 0. The normalized spacial score (nSPS) is 21.4. The number of benzene rings is 1. The smallest absolute Gasteiger partial charge is 0.159 e. The molecule has 1 heterocycles. The van der Waals surface area contributed by atoms with Gasteiger partial charge in [-0.3, -0.25) is 0 Å². The Morgan fingerprint density at radius 1 is 1.26 bits per heavy atom. The first kappa shape index (κ1) is 12.0. The zero-order chi connectivity index (χ0) is 13.4. The molecular weight excluding hydrogens is 248 g/mol. The maximum absolute atomic E-state index is 13.3. The monoisotopic (exact) mass is 261 g/mol. The third-order valence-corrected chi connectivity index (χ3v) is 3.81. The second-order valence-electron chi connectivity index (χ2n) is 4.91. The molecule has 0 saturated carbocycles. The molecule has 98 valence electrons. The van der Waals surface area contributed by atoms with Gasteiger partial charge in [-0.05, 0) is 42.5 Å². The number of hydrogen-bond donors (Lipinski definition) is 1. The molecule has 3 nitrogen and oxygen atoms in total. The molecule has 0 saturated heterocycles. The van der Waals surface area contributed by atoms with Gasteiger partial charge in [-0.2, -0.15) is 5.26 Å². The summed E-state index contributed by atoms with van der Waals surface area (Å²) in [6.45, 7) is 0.604. The van der Waals surface area contributed by atoms with Crippen LogP contribution >= 0.6 is 0 Å². The average Bonchev–Trinajstić information content (AvgIpc) is 2.88. The zero-order valence-electron chi connectivity index (χ0n) is 10.3. The van der Waals surface area contributed by atoms with Gasteiger partial charge < -0.3 is 10.2 Å². The lowest BCUT2D eigenvalue weighted by Gasteiger charge is -2.33. The lowest BCUT2D eigenvalue weighted by molar-refractivity contribution is 0.250. The lowest BCUT2D eigenvalue weighted by Crippen LogP contribution is -2.38. The van der Waals surface area contributed by atoms with Crippen molar-refractivity contribution >= 4 is 0 Å². The van der Waals surface area contributed by atoms with Crippen molar-refractivity contribution in [3.8, 4) is 6.07 Å². The number of halogens is 2. The maximum atomic E-state index is 13.3. The van der Waals surface area contributed by atoms with Gasteiger partial charge in [-0.15, -0.1) is 0 Å². The minimum atomic E-state index is -0.796. The largest absolute Gasteiger partial charge is 0.371 e. The fourth-order valence-corrected chi connectivity index (χ4v) is 2.83. The van der Waals surface area contributed by atoms with Crippen LogP contribution in [0.15, 0.2) is 24.0 Å². The topological polar surface area (TPSA) is 39.1 Å². The Labute approximate surface area is 110 Å². The van der Waals surface area contributed by atoms with E-state index in [9.17, 15) is 8.78 Å². The number of nitriles is 1. The number of rotatable bonds is 1. The highest BCUT2D eigenvalue weighted by Gasteiger charge is 2.28. The van der Waals surface area contributed by atoms with Crippen LogP contribution in [-0.2, 0) is 12.8 Å². The summed E-state index contributed by atoms with van der Waals surface area (Å²) in [5.74, 6) is -1.58. The fraction of sp³-hybridized carbons (Fsp3) is 0.357. The van der Waals surface area contributed by atoms with Gasteiger partial charge in [0.05, 0.1) is 6.67 Å². The van der Waals surface area contributed by atoms with E-state index in [4.69, 9.17) is 5.26 Å². The van der Waals surface area contributed by atoms with E-state index in [-0.39, 0.29) is 6.04 Å². The van der Waals surface area contributed by atoms with Gasteiger partial charge in [-0.25, -0.2) is 8.78 Å². The summed E-state index contributed by atoms with van der Waals surface area (Å²) < 4.78 is 26.5. The minimum absolute atomic E-state index is 0.165. The number of aryl methyl sites for hydroxylation is 1. The number of nitrogens with zero attached hydrogens (tertiary/aromatic N) is 2. The third kappa shape index (κ3) is 2.03. The van der Waals surface area contributed by atoms with E-state index in [0.717, 1.165) is 17.5 Å². The SMILES string of the molecule is N#CC1=CNCN1[C@H]1CCc2cc(F)c(F)cc2C1. The standard InChI is InChI=1S/C14H13F2N3/c15-13-4-9-1-2-11(3-10(9)5-14(13)16)19-8-18-7-12(19)6-17/h4-5,7,11,18H,1-3,8H2/t11-/m0/s1. The molecule has 1 atom stereocenters. The Hall–Kier alpha value is -2.09. The van der Waals surface area contributed by atoms with Gasteiger partial charge in [0.1, 0.15) is 11.8 Å². The van der Waals surface area contributed by atoms with Gasteiger partial charge in [0.15, 0.2) is 11.6 Å². The van der Waals surface area contributed by atoms with Crippen LogP contribution in [-0.4, -0.2) is 17.6 Å². The van der Waals surface area contributed by atoms with E-state index in [2.05, 4.69) is 11.4 Å². The molecule has 1 N–H and O–H groups in total. The van der Waals surface area contributed by atoms with Crippen molar-refractivity contribution in [2.75, 3.05) is 6.67 Å². The molecule has 19 heavy (non-hydrogen) atoms. The van der Waals surface area contributed by atoms with Crippen molar-refractivity contribution in [1.82, 2.24) is 10.2 Å². The van der Waals surface area contributed by atoms with E-state index in [0.29, 0.717) is 25.2 Å². The Bertz CT molecular complexity index is 589. The number of allylic oxidation sites excluding steroid dienone is 1. The van der Waals surface area contributed by atoms with Gasteiger partial charge in [0.25, 0.3) is 0 Å². The Morgan fingerprint density at radius 2 is 2.00 bits per heavy atom. The molecule has 1 aliphatic carbocycles. The summed E-state index contributed by atoms with van der Waals surface area (Å²) in [5, 5.41) is 12.1. The molecule has 0 amide bonds. The Balaban J connectivity index is 1.85. The first-order chi connectivity index (χ1) is 9.19. The van der Waals surface area contributed by atoms with Crippen LogP contribution in [0.2, 0.25) is 0 Å². The summed E-state index contributed by atoms with van der Waals surface area (Å²) in [4.78, 5) is 1.99. The zero-order valence-corrected chi connectivity index (χ0v) is 10.3. The molecule has 0 radical (unpaired) electrons. The quantitative estimate of drug-likeness (QED) is 0.841. The molecule has 2 aliphatic rings. The number of hydrogen-bond acceptors (Lipinski definition) is 3. The average molecular weight is 261 g/mol. The van der Waals surface area contributed by atoms with Crippen LogP contribution in [0.4, 0.5) is 8.78 Å². The third-order valence-electron chi connectivity index (χ3n) is 3.81. The van der Waals surface area contributed by atoms with Crippen molar-refractivity contribution in [2.45, 2.75) is 25.3 Å². The van der Waals surface area contributed by atoms with Crippen molar-refractivity contribution in [3.05, 3.63) is 46.8 Å². The molecule has 0 spiro atoms. The van der Waals surface area contributed by atoms with E-state index in [1.54, 1.807) is 6.20 Å². The highest BCUT2D eigenvalue weighted by Crippen LogP contribution is 2.28. The van der Waals surface area contributed by atoms with Crippen LogP contribution in [0.1, 0.15) is 17.5 Å². The van der Waals surface area contributed by atoms with Crippen molar-refractivity contribution in [3.63, 3.8) is 0 Å². The molecular formula is C14H13F2N3. The van der Waals surface area contributed by atoms with Crippen molar-refractivity contribution in [1.29, 1.82) is 5.26 Å². The van der Waals surface area contributed by atoms with Crippen LogP contribution in [0.3, 0.4) is 0 Å². The number of nitrogens with one attached hydrogen (secondary N) is 1. The summed E-state index contributed by atoms with van der Waals surface area (Å²) in [7, 11) is 0. The molecule has 5 heteroatoms. The highest BCUT2D eigenvalue weighted by molar-refractivity contribution is 5.33. The van der Waals surface area contributed by atoms with Crippen molar-refractivity contribution < 1.29 is 8.78 Å². The molecule has 0 bridgehead atoms. The molecule has 1 aliphatic heterocycles. The lowest BCUT2D eigenvalue weighted by atomic mass is 9.87. The van der Waals surface area contributed by atoms with Crippen LogP contribution in [0, 0.1) is 23.0 Å². The summed E-state index contributed by atoms with van der Waals surface area (Å²) in [6.07, 6.45) is 3.90. The number of fused-ring (bicyclic) bond motifs is 1. The molecule has 1 aromatic carbocycles. The predicted octanol–water partition coefficient (Wildman–Crippen LogP) is 2.05. The van der Waals surface area contributed by atoms with Crippen LogP contribution in [0.25, 0.3) is 0 Å². The minimum Gasteiger partial charge on any atom is -0.371 e. The molecule has 1 aromatic rings. The second kappa shape index (κ2) is 4.54. The Morgan fingerprint density at radius 3 is 2.74 bits per heavy atom. The summed E-state index contributed by atoms with van der Waals surface area (Å²) in [6, 6.07) is 4.89. The van der Waals surface area contributed by atoms with E-state index >= 15 is 0 Å². The van der Waals surface area contributed by atoms with Crippen LogP contribution in [0.5, 0.6) is 0 Å². The summed E-state index contributed by atoms with van der Waals surface area (Å²) in [5.41, 5.74) is 2.33. The van der Waals surface area contributed by atoms with Gasteiger partial charge in [-0.1, -0.05) is 0 Å². The first-order valence-electron chi connectivity index (χ1n) is 6.26. The molecule has 3 rings (SSSR count). The maximum Gasteiger partial charge on any atom is 0.159 e. The van der Waals surface area contributed by atoms with Crippen molar-refractivity contribution in [2.24, 2.45) is 0 Å².